The van der Waals surface area contributed by atoms with Gasteiger partial charge in [0.2, 0.25) is 11.9 Å². The predicted molar refractivity (Wildman–Crippen MR) is 131 cm³/mol. The van der Waals surface area contributed by atoms with Crippen molar-refractivity contribution >= 4 is 28.8 Å². The summed E-state index contributed by atoms with van der Waals surface area (Å²) in [6.45, 7) is 4.73. The molecule has 3 aromatic rings. The molecule has 7 heteroatoms. The van der Waals surface area contributed by atoms with E-state index in [-0.39, 0.29) is 32.8 Å². The van der Waals surface area contributed by atoms with Gasteiger partial charge >= 0.3 is 0 Å². The fourth-order valence-electron chi connectivity index (χ4n) is 4.78. The first-order valence-electron chi connectivity index (χ1n) is 11.5. The van der Waals surface area contributed by atoms with Crippen LogP contribution in [0.25, 0.3) is 28.2 Å². The number of nitrogens with one attached hydrogen (secondary N) is 2. The van der Waals surface area contributed by atoms with Crippen LogP contribution in [0.1, 0.15) is 64.7 Å². The Kier molecular flexibility index (Phi) is 5.30. The van der Waals surface area contributed by atoms with Crippen LogP contribution in [0.5, 0.6) is 0 Å². The number of ketones is 1. The Morgan fingerprint density at radius 3 is 2.79 bits per heavy atom. The molecule has 2 N–H and O–H groups in total. The van der Waals surface area contributed by atoms with Gasteiger partial charge in [0.05, 0.1) is 0 Å². The Morgan fingerprint density at radius 2 is 2.00 bits per heavy atom. The van der Waals surface area contributed by atoms with E-state index in [1.54, 1.807) is 6.20 Å². The van der Waals surface area contributed by atoms with Gasteiger partial charge in [-0.05, 0) is 41.4 Å². The highest BCUT2D eigenvalue weighted by Gasteiger charge is 2.34. The molecule has 0 unspecified atom stereocenters. The third-order valence-corrected chi connectivity index (χ3v) is 6.81. The lowest BCUT2D eigenvalue weighted by Crippen LogP contribution is -2.28. The van der Waals surface area contributed by atoms with E-state index in [9.17, 15) is 13.6 Å². The van der Waals surface area contributed by atoms with Gasteiger partial charge in [-0.25, -0.2) is 13.8 Å². The molecule has 5 nitrogen and oxygen atoms in total. The second-order valence-electron chi connectivity index (χ2n) is 10.1. The van der Waals surface area contributed by atoms with Gasteiger partial charge in [0, 0.05) is 57.6 Å². The van der Waals surface area contributed by atoms with Crippen LogP contribution in [0.2, 0.25) is 0 Å². The molecule has 0 spiro atoms. The van der Waals surface area contributed by atoms with Crippen molar-refractivity contribution in [2.24, 2.45) is 11.3 Å². The Balaban J connectivity index is 0.00000171. The Morgan fingerprint density at radius 1 is 1.21 bits per heavy atom. The number of H-pyrrole nitrogens is 1. The second kappa shape index (κ2) is 8.04. The standard InChI is InChI=1S/C26H28F2N4O.2H2/c1-25(2)8-7-18-11-17(3-4-19(18)22(33)12-25)20-14-29-23-21(20)15-31-24(32-23)30-13-16-5-9-26(27,28)10-6-16;;/h3-4,7-8,11,14-16H,5-6,9-10,12-13H2,1-2H3,(H2,29,30,31,32);2*1H. The van der Waals surface area contributed by atoms with Crippen LogP contribution in [0.15, 0.2) is 36.7 Å². The van der Waals surface area contributed by atoms with E-state index >= 15 is 0 Å². The number of fused-ring (bicyclic) bond motifs is 2. The maximum atomic E-state index is 13.4. The zero-order valence-electron chi connectivity index (χ0n) is 18.9. The summed E-state index contributed by atoms with van der Waals surface area (Å²) in [6, 6.07) is 5.91. The SMILES string of the molecule is CC1(C)C=Cc2cc(-c3c[nH]c4nc(NCC5CCC(F)(F)CC5)ncc34)ccc2C(=O)C1.[HH].[HH]. The molecule has 1 aromatic carbocycles. The molecule has 0 radical (unpaired) electrons. The predicted octanol–water partition coefficient (Wildman–Crippen LogP) is 6.98. The van der Waals surface area contributed by atoms with Gasteiger partial charge in [0.25, 0.3) is 0 Å². The Labute approximate surface area is 194 Å². The molecule has 1 fully saturated rings. The molecule has 33 heavy (non-hydrogen) atoms. The molecule has 1 saturated carbocycles. The average Bonchev–Trinajstić information content (AvgIpc) is 3.15. The molecule has 0 bridgehead atoms. The van der Waals surface area contributed by atoms with Crippen LogP contribution in [0, 0.1) is 11.3 Å². The lowest BCUT2D eigenvalue weighted by Gasteiger charge is -2.28. The fourth-order valence-corrected chi connectivity index (χ4v) is 4.78. The number of benzene rings is 1. The third kappa shape index (κ3) is 4.54. The largest absolute Gasteiger partial charge is 0.354 e. The minimum absolute atomic E-state index is 0. The molecule has 2 aromatic heterocycles. The lowest BCUT2D eigenvalue weighted by molar-refractivity contribution is -0.0443. The number of carbonyl (C=O) groups is 1. The van der Waals surface area contributed by atoms with Crippen molar-refractivity contribution in [2.45, 2.75) is 51.9 Å². The third-order valence-electron chi connectivity index (χ3n) is 6.81. The van der Waals surface area contributed by atoms with Crippen LogP contribution in [-0.2, 0) is 0 Å². The number of anilines is 1. The van der Waals surface area contributed by atoms with Gasteiger partial charge in [-0.2, -0.15) is 4.98 Å². The van der Waals surface area contributed by atoms with Crippen LogP contribution >= 0.6 is 0 Å². The molecule has 2 heterocycles. The summed E-state index contributed by atoms with van der Waals surface area (Å²) < 4.78 is 26.7. The Hall–Kier alpha value is -3.09. The minimum Gasteiger partial charge on any atom is -0.354 e. The second-order valence-corrected chi connectivity index (χ2v) is 10.1. The maximum Gasteiger partial charge on any atom is 0.248 e. The first-order chi connectivity index (χ1) is 15.7. The number of aromatic amines is 1. The zero-order chi connectivity index (χ0) is 23.2. The number of rotatable bonds is 4. The zero-order valence-corrected chi connectivity index (χ0v) is 18.9. The number of allylic oxidation sites excluding steroid dienone is 1. The first kappa shape index (κ1) is 21.7. The topological polar surface area (TPSA) is 70.7 Å². The van der Waals surface area contributed by atoms with Gasteiger partial charge in [-0.1, -0.05) is 38.1 Å². The molecule has 0 atom stereocenters. The quantitative estimate of drug-likeness (QED) is 0.446. The first-order valence-corrected chi connectivity index (χ1v) is 11.5. The van der Waals surface area contributed by atoms with E-state index in [4.69, 9.17) is 0 Å². The molecule has 0 amide bonds. The van der Waals surface area contributed by atoms with Gasteiger partial charge in [0.15, 0.2) is 5.78 Å². The number of aromatic nitrogens is 3. The van der Waals surface area contributed by atoms with Crippen molar-refractivity contribution in [2.75, 3.05) is 11.9 Å². The van der Waals surface area contributed by atoms with E-state index in [1.807, 2.05) is 30.5 Å². The number of hydrogen-bond acceptors (Lipinski definition) is 4. The summed E-state index contributed by atoms with van der Waals surface area (Å²) in [5.41, 5.74) is 4.19. The molecule has 5 rings (SSSR count). The molecular formula is C26H32F2N4O. The number of alkyl halides is 2. The molecule has 2 aliphatic rings. The van der Waals surface area contributed by atoms with Crippen LogP contribution < -0.4 is 5.32 Å². The lowest BCUT2D eigenvalue weighted by atomic mass is 9.87. The normalized spacial score (nSPS) is 19.9. The highest BCUT2D eigenvalue weighted by atomic mass is 19.3. The van der Waals surface area contributed by atoms with E-state index in [2.05, 4.69) is 40.2 Å². The average molecular weight is 455 g/mol. The smallest absolute Gasteiger partial charge is 0.248 e. The number of Topliss-reactive ketones (excluding diaryl/α,β-unsaturated/α-hetero) is 1. The van der Waals surface area contributed by atoms with E-state index in [1.165, 1.54) is 0 Å². The van der Waals surface area contributed by atoms with Crippen LogP contribution in [0.3, 0.4) is 0 Å². The van der Waals surface area contributed by atoms with Crippen molar-refractivity contribution in [1.29, 1.82) is 0 Å². The van der Waals surface area contributed by atoms with E-state index in [0.29, 0.717) is 37.4 Å². The van der Waals surface area contributed by atoms with Crippen molar-refractivity contribution in [3.05, 3.63) is 47.8 Å². The monoisotopic (exact) mass is 454 g/mol. The molecule has 176 valence electrons. The van der Waals surface area contributed by atoms with Crippen LogP contribution in [-0.4, -0.2) is 33.2 Å². The van der Waals surface area contributed by atoms with Crippen LogP contribution in [0.4, 0.5) is 14.7 Å². The summed E-state index contributed by atoms with van der Waals surface area (Å²) in [5, 5.41) is 4.10. The van der Waals surface area contributed by atoms with Gasteiger partial charge in [0.1, 0.15) is 5.65 Å². The number of nitrogens with zero attached hydrogens (tertiary/aromatic N) is 2. The molecule has 2 aliphatic carbocycles. The van der Waals surface area contributed by atoms with E-state index in [0.717, 1.165) is 27.6 Å². The van der Waals surface area contributed by atoms with Crippen molar-refractivity contribution in [3.63, 3.8) is 0 Å². The summed E-state index contributed by atoms with van der Waals surface area (Å²) in [6.07, 6.45) is 9.26. The van der Waals surface area contributed by atoms with Crippen molar-refractivity contribution in [3.8, 4) is 11.1 Å². The van der Waals surface area contributed by atoms with Crippen molar-refractivity contribution in [1.82, 2.24) is 15.0 Å². The summed E-state index contributed by atoms with van der Waals surface area (Å²) >= 11 is 0. The number of halogens is 2. The maximum absolute atomic E-state index is 13.4. The summed E-state index contributed by atoms with van der Waals surface area (Å²) in [7, 11) is 0. The summed E-state index contributed by atoms with van der Waals surface area (Å²) in [5.74, 6) is -1.65. The fraction of sp³-hybridized carbons (Fsp3) is 0.423. The highest BCUT2D eigenvalue weighted by molar-refractivity contribution is 6.02. The molecule has 0 aliphatic heterocycles. The van der Waals surface area contributed by atoms with Gasteiger partial charge in [-0.3, -0.25) is 4.79 Å². The van der Waals surface area contributed by atoms with Gasteiger partial charge in [-0.15, -0.1) is 0 Å². The van der Waals surface area contributed by atoms with Gasteiger partial charge < -0.3 is 10.3 Å². The summed E-state index contributed by atoms with van der Waals surface area (Å²) in [4.78, 5) is 24.9. The highest BCUT2D eigenvalue weighted by Crippen LogP contribution is 2.37. The minimum atomic E-state index is -2.51. The number of carbonyl (C=O) groups excluding carboxylic acids is 1. The Bertz CT molecular complexity index is 1250. The number of hydrogen-bond donors (Lipinski definition) is 2. The van der Waals surface area contributed by atoms with E-state index < -0.39 is 5.92 Å². The molecular weight excluding hydrogens is 422 g/mol. The van der Waals surface area contributed by atoms with Crippen molar-refractivity contribution < 1.29 is 16.4 Å². The molecule has 0 saturated heterocycles.